The number of ether oxygens (including phenoxy) is 2. The molecule has 0 aromatic heterocycles. The summed E-state index contributed by atoms with van der Waals surface area (Å²) >= 11 is 0. The van der Waals surface area contributed by atoms with Crippen LogP contribution in [0.2, 0.25) is 0 Å². The van der Waals surface area contributed by atoms with E-state index in [1.54, 1.807) is 6.92 Å². The molecule has 0 bridgehead atoms. The number of nitrogens with zero attached hydrogens (tertiary/aromatic N) is 1. The van der Waals surface area contributed by atoms with Gasteiger partial charge in [0.05, 0.1) is 24.2 Å². The van der Waals surface area contributed by atoms with Crippen LogP contribution in [0, 0.1) is 0 Å². The first-order chi connectivity index (χ1) is 9.82. The summed E-state index contributed by atoms with van der Waals surface area (Å²) in [7, 11) is -1.37. The Kier molecular flexibility index (Phi) is 5.86. The van der Waals surface area contributed by atoms with E-state index in [9.17, 15) is 18.0 Å². The van der Waals surface area contributed by atoms with Crippen molar-refractivity contribution >= 4 is 22.0 Å². The minimum atomic E-state index is -3.82. The van der Waals surface area contributed by atoms with E-state index >= 15 is 0 Å². The second kappa shape index (κ2) is 7.19. The number of carbonyl (C=O) groups is 2. The van der Waals surface area contributed by atoms with E-state index in [2.05, 4.69) is 4.74 Å². The largest absolute Gasteiger partial charge is 0.468 e. The van der Waals surface area contributed by atoms with E-state index in [-0.39, 0.29) is 17.1 Å². The van der Waals surface area contributed by atoms with Gasteiger partial charge in [-0.15, -0.1) is 0 Å². The van der Waals surface area contributed by atoms with Gasteiger partial charge >= 0.3 is 11.9 Å². The van der Waals surface area contributed by atoms with E-state index < -0.39 is 28.5 Å². The minimum absolute atomic E-state index is 0.0260. The highest BCUT2D eigenvalue weighted by Crippen LogP contribution is 2.15. The monoisotopic (exact) mass is 315 g/mol. The first-order valence-corrected chi connectivity index (χ1v) is 7.57. The van der Waals surface area contributed by atoms with Crippen molar-refractivity contribution in [2.24, 2.45) is 0 Å². The maximum atomic E-state index is 12.2. The fraction of sp³-hybridized carbons (Fsp3) is 0.385. The van der Waals surface area contributed by atoms with Crippen molar-refractivity contribution in [1.29, 1.82) is 0 Å². The van der Waals surface area contributed by atoms with Crippen molar-refractivity contribution in [2.45, 2.75) is 11.8 Å². The van der Waals surface area contributed by atoms with Gasteiger partial charge in [-0.05, 0) is 31.2 Å². The van der Waals surface area contributed by atoms with Gasteiger partial charge in [-0.2, -0.15) is 4.31 Å². The molecule has 0 amide bonds. The van der Waals surface area contributed by atoms with Crippen molar-refractivity contribution in [3.63, 3.8) is 0 Å². The standard InChI is InChI=1S/C13H17NO6S/c1-4-20-13(16)10-5-7-11(8-6-10)21(17,18)14(2)9-12(15)19-3/h5-8H,4,9H2,1-3H3. The van der Waals surface area contributed by atoms with Crippen LogP contribution in [0.4, 0.5) is 0 Å². The number of hydrogen-bond donors (Lipinski definition) is 0. The Hall–Kier alpha value is -1.93. The summed E-state index contributed by atoms with van der Waals surface area (Å²) in [6.07, 6.45) is 0. The summed E-state index contributed by atoms with van der Waals surface area (Å²) in [5.41, 5.74) is 0.256. The van der Waals surface area contributed by atoms with Crippen LogP contribution in [0.3, 0.4) is 0 Å². The second-order valence-electron chi connectivity index (χ2n) is 4.08. The molecular formula is C13H17NO6S. The molecule has 7 nitrogen and oxygen atoms in total. The predicted molar refractivity (Wildman–Crippen MR) is 74.2 cm³/mol. The third-order valence-corrected chi connectivity index (χ3v) is 4.47. The van der Waals surface area contributed by atoms with Crippen LogP contribution >= 0.6 is 0 Å². The summed E-state index contributed by atoms with van der Waals surface area (Å²) in [6, 6.07) is 5.29. The maximum Gasteiger partial charge on any atom is 0.338 e. The van der Waals surface area contributed by atoms with Crippen molar-refractivity contribution in [3.8, 4) is 0 Å². The van der Waals surface area contributed by atoms with Crippen LogP contribution in [0.25, 0.3) is 0 Å². The fourth-order valence-electron chi connectivity index (χ4n) is 1.49. The quantitative estimate of drug-likeness (QED) is 0.716. The van der Waals surface area contributed by atoms with E-state index in [0.717, 1.165) is 4.31 Å². The summed E-state index contributed by atoms with van der Waals surface area (Å²) in [5, 5.41) is 0. The molecule has 0 saturated heterocycles. The molecule has 0 atom stereocenters. The number of hydrogen-bond acceptors (Lipinski definition) is 6. The van der Waals surface area contributed by atoms with Gasteiger partial charge in [0.1, 0.15) is 6.54 Å². The van der Waals surface area contributed by atoms with Crippen molar-refractivity contribution in [1.82, 2.24) is 4.31 Å². The lowest BCUT2D eigenvalue weighted by Gasteiger charge is -2.15. The first-order valence-electron chi connectivity index (χ1n) is 6.13. The van der Waals surface area contributed by atoms with E-state index in [4.69, 9.17) is 4.74 Å². The third kappa shape index (κ3) is 4.27. The zero-order valence-corrected chi connectivity index (χ0v) is 12.8. The Morgan fingerprint density at radius 3 is 2.24 bits per heavy atom. The van der Waals surface area contributed by atoms with Gasteiger partial charge in [-0.1, -0.05) is 0 Å². The van der Waals surface area contributed by atoms with Crippen LogP contribution in [-0.2, 0) is 24.3 Å². The number of sulfonamides is 1. The molecular weight excluding hydrogens is 298 g/mol. The number of benzene rings is 1. The highest BCUT2D eigenvalue weighted by Gasteiger charge is 2.23. The molecule has 0 saturated carbocycles. The molecule has 1 aromatic carbocycles. The van der Waals surface area contributed by atoms with E-state index in [1.165, 1.54) is 38.4 Å². The lowest BCUT2D eigenvalue weighted by molar-refractivity contribution is -0.140. The summed E-state index contributed by atoms with van der Waals surface area (Å²) < 4.78 is 34.5. The smallest absolute Gasteiger partial charge is 0.338 e. The number of likely N-dealkylation sites (N-methyl/N-ethyl adjacent to an activating group) is 1. The number of rotatable bonds is 6. The number of esters is 2. The third-order valence-electron chi connectivity index (χ3n) is 2.65. The van der Waals surface area contributed by atoms with Gasteiger partial charge in [-0.25, -0.2) is 13.2 Å². The summed E-state index contributed by atoms with van der Waals surface area (Å²) in [5.74, 6) is -1.19. The lowest BCUT2D eigenvalue weighted by Crippen LogP contribution is -2.32. The van der Waals surface area contributed by atoms with Gasteiger partial charge in [0.15, 0.2) is 0 Å². The van der Waals surface area contributed by atoms with Crippen molar-refractivity contribution in [2.75, 3.05) is 27.3 Å². The average Bonchev–Trinajstić information content (AvgIpc) is 2.47. The molecule has 0 unspecified atom stereocenters. The van der Waals surface area contributed by atoms with Crippen LogP contribution in [0.5, 0.6) is 0 Å². The molecule has 1 rings (SSSR count). The summed E-state index contributed by atoms with van der Waals surface area (Å²) in [4.78, 5) is 22.6. The molecule has 0 spiro atoms. The Labute approximate surface area is 123 Å². The van der Waals surface area contributed by atoms with Crippen LogP contribution in [0.15, 0.2) is 29.2 Å². The zero-order chi connectivity index (χ0) is 16.0. The lowest BCUT2D eigenvalue weighted by atomic mass is 10.2. The molecule has 21 heavy (non-hydrogen) atoms. The normalized spacial score (nSPS) is 11.2. The predicted octanol–water partition coefficient (Wildman–Crippen LogP) is 0.657. The van der Waals surface area contributed by atoms with Crippen LogP contribution < -0.4 is 0 Å². The zero-order valence-electron chi connectivity index (χ0n) is 12.0. The van der Waals surface area contributed by atoms with Gasteiger partial charge in [0.25, 0.3) is 0 Å². The summed E-state index contributed by atoms with van der Waals surface area (Å²) in [6.45, 7) is 1.53. The molecule has 0 radical (unpaired) electrons. The minimum Gasteiger partial charge on any atom is -0.468 e. The van der Waals surface area contributed by atoms with E-state index in [0.29, 0.717) is 0 Å². The Balaban J connectivity index is 2.94. The Morgan fingerprint density at radius 1 is 1.19 bits per heavy atom. The first kappa shape index (κ1) is 17.1. The molecule has 8 heteroatoms. The van der Waals surface area contributed by atoms with Crippen LogP contribution in [0.1, 0.15) is 17.3 Å². The number of methoxy groups -OCH3 is 1. The molecule has 0 fully saturated rings. The molecule has 116 valence electrons. The van der Waals surface area contributed by atoms with Gasteiger partial charge < -0.3 is 9.47 Å². The van der Waals surface area contributed by atoms with E-state index in [1.807, 2.05) is 0 Å². The Morgan fingerprint density at radius 2 is 1.76 bits per heavy atom. The van der Waals surface area contributed by atoms with Gasteiger partial charge in [0, 0.05) is 7.05 Å². The van der Waals surface area contributed by atoms with Crippen LogP contribution in [-0.4, -0.2) is 52.0 Å². The topological polar surface area (TPSA) is 90.0 Å². The molecule has 1 aromatic rings. The SMILES string of the molecule is CCOC(=O)c1ccc(S(=O)(=O)N(C)CC(=O)OC)cc1. The van der Waals surface area contributed by atoms with Gasteiger partial charge in [0.2, 0.25) is 10.0 Å². The molecule has 0 aliphatic heterocycles. The highest BCUT2D eigenvalue weighted by molar-refractivity contribution is 7.89. The molecule has 0 N–H and O–H groups in total. The Bertz CT molecular complexity index is 608. The molecule has 0 heterocycles. The van der Waals surface area contributed by atoms with Crippen molar-refractivity contribution < 1.29 is 27.5 Å². The number of carbonyl (C=O) groups excluding carboxylic acids is 2. The molecule has 0 aliphatic rings. The highest BCUT2D eigenvalue weighted by atomic mass is 32.2. The van der Waals surface area contributed by atoms with Gasteiger partial charge in [-0.3, -0.25) is 4.79 Å². The maximum absolute atomic E-state index is 12.2. The average molecular weight is 315 g/mol. The molecule has 0 aliphatic carbocycles. The van der Waals surface area contributed by atoms with Crippen molar-refractivity contribution in [3.05, 3.63) is 29.8 Å². The fourth-order valence-corrected chi connectivity index (χ4v) is 2.60. The second-order valence-corrected chi connectivity index (χ2v) is 6.13.